The molecular formula is C6H5ClN2OS2. The minimum atomic E-state index is -0.682. The van der Waals surface area contributed by atoms with E-state index in [1.165, 1.54) is 23.5 Å². The van der Waals surface area contributed by atoms with E-state index in [4.69, 9.17) is 22.6 Å². The van der Waals surface area contributed by atoms with Crippen molar-refractivity contribution < 1.29 is 4.79 Å². The molecule has 0 aromatic carbocycles. The fraction of sp³-hybridized carbons (Fsp3) is 0.333. The van der Waals surface area contributed by atoms with Gasteiger partial charge in [0.1, 0.15) is 11.6 Å². The summed E-state index contributed by atoms with van der Waals surface area (Å²) in [4.78, 5) is 10.7. The second-order valence-corrected chi connectivity index (χ2v) is 5.26. The van der Waals surface area contributed by atoms with Crippen molar-refractivity contribution in [2.75, 3.05) is 5.75 Å². The van der Waals surface area contributed by atoms with Gasteiger partial charge in [-0.2, -0.15) is 5.26 Å². The van der Waals surface area contributed by atoms with Crippen LogP contribution in [-0.4, -0.2) is 16.4 Å². The highest BCUT2D eigenvalue weighted by Gasteiger charge is 2.24. The Labute approximate surface area is 83.3 Å². The van der Waals surface area contributed by atoms with E-state index in [1.807, 2.05) is 0 Å². The molecule has 1 unspecified atom stereocenters. The van der Waals surface area contributed by atoms with Crippen LogP contribution in [0.1, 0.15) is 0 Å². The number of carbonyl (C=O) groups excluding carboxylic acids is 1. The molecule has 0 spiro atoms. The number of hydrogen-bond donors (Lipinski definition) is 1. The van der Waals surface area contributed by atoms with Crippen LogP contribution in [0.25, 0.3) is 0 Å². The molecule has 0 saturated carbocycles. The number of primary amides is 1. The van der Waals surface area contributed by atoms with Crippen LogP contribution in [0.5, 0.6) is 0 Å². The first-order chi connectivity index (χ1) is 5.65. The number of hydrogen-bond acceptors (Lipinski definition) is 4. The zero-order valence-electron chi connectivity index (χ0n) is 5.91. The lowest BCUT2D eigenvalue weighted by molar-refractivity contribution is -0.114. The van der Waals surface area contributed by atoms with Gasteiger partial charge in [0.15, 0.2) is 0 Å². The number of nitriles is 1. The number of halogens is 1. The monoisotopic (exact) mass is 220 g/mol. The molecule has 1 amide bonds. The van der Waals surface area contributed by atoms with Gasteiger partial charge in [0.2, 0.25) is 0 Å². The lowest BCUT2D eigenvalue weighted by atomic mass is 10.3. The average Bonchev–Trinajstić information content (AvgIpc) is 2.37. The Morgan fingerprint density at radius 1 is 1.83 bits per heavy atom. The minimum absolute atomic E-state index is 0.0214. The highest BCUT2D eigenvalue weighted by molar-refractivity contribution is 8.26. The van der Waals surface area contributed by atoms with Crippen molar-refractivity contribution in [2.45, 2.75) is 4.71 Å². The van der Waals surface area contributed by atoms with Gasteiger partial charge in [-0.1, -0.05) is 11.8 Å². The van der Waals surface area contributed by atoms with Gasteiger partial charge in [-0.25, -0.2) is 0 Å². The lowest BCUT2D eigenvalue weighted by Gasteiger charge is -1.95. The third-order valence-corrected chi connectivity index (χ3v) is 4.41. The van der Waals surface area contributed by atoms with Gasteiger partial charge >= 0.3 is 0 Å². The van der Waals surface area contributed by atoms with Crippen molar-refractivity contribution in [1.82, 2.24) is 0 Å². The van der Waals surface area contributed by atoms with E-state index in [2.05, 4.69) is 0 Å². The molecule has 6 heteroatoms. The summed E-state index contributed by atoms with van der Waals surface area (Å²) in [5.74, 6) is 0.0262. The van der Waals surface area contributed by atoms with E-state index in [0.29, 0.717) is 9.99 Å². The molecular weight excluding hydrogens is 216 g/mol. The van der Waals surface area contributed by atoms with Gasteiger partial charge in [-0.05, 0) is 0 Å². The lowest BCUT2D eigenvalue weighted by Crippen LogP contribution is -2.13. The Morgan fingerprint density at radius 2 is 2.50 bits per heavy atom. The summed E-state index contributed by atoms with van der Waals surface area (Å²) in [6.07, 6.45) is 0. The van der Waals surface area contributed by atoms with Gasteiger partial charge in [0, 0.05) is 5.75 Å². The van der Waals surface area contributed by atoms with E-state index in [9.17, 15) is 4.79 Å². The molecule has 0 radical (unpaired) electrons. The maximum Gasteiger partial charge on any atom is 0.261 e. The Balaban J connectivity index is 2.89. The Kier molecular flexibility index (Phi) is 3.32. The first-order valence-electron chi connectivity index (χ1n) is 3.03. The molecule has 12 heavy (non-hydrogen) atoms. The topological polar surface area (TPSA) is 66.9 Å². The number of rotatable bonds is 1. The molecule has 64 valence electrons. The predicted octanol–water partition coefficient (Wildman–Crippen LogP) is 1.25. The first-order valence-corrected chi connectivity index (χ1v) is 5.33. The Bertz CT molecular complexity index is 284. The van der Waals surface area contributed by atoms with E-state index in [1.54, 1.807) is 6.07 Å². The number of alkyl halides is 1. The van der Waals surface area contributed by atoms with Crippen molar-refractivity contribution in [3.63, 3.8) is 0 Å². The quantitative estimate of drug-likeness (QED) is 0.410. The SMILES string of the molecule is N#CC(C(N)=O)=C1SCC(Cl)S1. The van der Waals surface area contributed by atoms with E-state index in [-0.39, 0.29) is 10.3 Å². The van der Waals surface area contributed by atoms with Crippen LogP contribution in [-0.2, 0) is 4.79 Å². The zero-order chi connectivity index (χ0) is 9.14. The van der Waals surface area contributed by atoms with Gasteiger partial charge in [-0.15, -0.1) is 23.4 Å². The van der Waals surface area contributed by atoms with Crippen LogP contribution < -0.4 is 5.73 Å². The standard InChI is InChI=1S/C6H5ClN2OS2/c7-4-2-11-6(12-4)3(1-8)5(9)10/h4H,2H2,(H2,9,10). The average molecular weight is 221 g/mol. The van der Waals surface area contributed by atoms with E-state index >= 15 is 0 Å². The third-order valence-electron chi connectivity index (χ3n) is 1.14. The molecule has 1 atom stereocenters. The summed E-state index contributed by atoms with van der Waals surface area (Å²) in [6, 6.07) is 1.77. The molecule has 1 heterocycles. The molecule has 1 saturated heterocycles. The summed E-state index contributed by atoms with van der Waals surface area (Å²) in [5, 5.41) is 8.56. The number of amides is 1. The highest BCUT2D eigenvalue weighted by atomic mass is 35.5. The van der Waals surface area contributed by atoms with Crippen molar-refractivity contribution in [3.05, 3.63) is 9.81 Å². The molecule has 2 N–H and O–H groups in total. The van der Waals surface area contributed by atoms with Crippen LogP contribution in [0.2, 0.25) is 0 Å². The third kappa shape index (κ3) is 2.09. The second kappa shape index (κ2) is 4.08. The van der Waals surface area contributed by atoms with Crippen LogP contribution in [0.4, 0.5) is 0 Å². The Hall–Kier alpha value is -0.310. The fourth-order valence-electron chi connectivity index (χ4n) is 0.658. The second-order valence-electron chi connectivity index (χ2n) is 1.98. The fourth-order valence-corrected chi connectivity index (χ4v) is 3.64. The maximum atomic E-state index is 10.7. The number of nitrogens with two attached hydrogens (primary N) is 1. The van der Waals surface area contributed by atoms with E-state index < -0.39 is 5.91 Å². The van der Waals surface area contributed by atoms with Crippen LogP contribution in [0.15, 0.2) is 9.81 Å². The number of carbonyl (C=O) groups is 1. The molecule has 1 aliphatic rings. The molecule has 1 fully saturated rings. The molecule has 0 aliphatic carbocycles. The zero-order valence-corrected chi connectivity index (χ0v) is 8.30. The maximum absolute atomic E-state index is 10.7. The van der Waals surface area contributed by atoms with Crippen LogP contribution in [0.3, 0.4) is 0 Å². The van der Waals surface area contributed by atoms with Crippen molar-refractivity contribution in [3.8, 4) is 6.07 Å². The smallest absolute Gasteiger partial charge is 0.261 e. The van der Waals surface area contributed by atoms with Gasteiger partial charge < -0.3 is 5.73 Å². The van der Waals surface area contributed by atoms with Crippen molar-refractivity contribution >= 4 is 41.0 Å². The molecule has 0 aromatic heterocycles. The number of nitrogens with zero attached hydrogens (tertiary/aromatic N) is 1. The predicted molar refractivity (Wildman–Crippen MR) is 51.5 cm³/mol. The summed E-state index contributed by atoms with van der Waals surface area (Å²) in [5.41, 5.74) is 5.00. The van der Waals surface area contributed by atoms with Gasteiger partial charge in [-0.3, -0.25) is 4.79 Å². The van der Waals surface area contributed by atoms with E-state index in [0.717, 1.165) is 0 Å². The molecule has 3 nitrogen and oxygen atoms in total. The van der Waals surface area contributed by atoms with Crippen LogP contribution in [0, 0.1) is 11.3 Å². The first kappa shape index (κ1) is 9.78. The summed E-state index contributed by atoms with van der Waals surface area (Å²) in [7, 11) is 0. The molecule has 1 aliphatic heterocycles. The summed E-state index contributed by atoms with van der Waals surface area (Å²) < 4.78 is 0.581. The largest absolute Gasteiger partial charge is 0.365 e. The van der Waals surface area contributed by atoms with Crippen molar-refractivity contribution in [2.24, 2.45) is 5.73 Å². The molecule has 1 rings (SSSR count). The Morgan fingerprint density at radius 3 is 2.83 bits per heavy atom. The van der Waals surface area contributed by atoms with Gasteiger partial charge in [0.05, 0.1) is 8.95 Å². The molecule has 0 bridgehead atoms. The summed E-state index contributed by atoms with van der Waals surface area (Å²) in [6.45, 7) is 0. The minimum Gasteiger partial charge on any atom is -0.365 e. The number of thioether (sulfide) groups is 2. The van der Waals surface area contributed by atoms with Crippen molar-refractivity contribution in [1.29, 1.82) is 5.26 Å². The van der Waals surface area contributed by atoms with Gasteiger partial charge in [0.25, 0.3) is 5.91 Å². The normalized spacial score (nSPS) is 26.5. The summed E-state index contributed by atoms with van der Waals surface area (Å²) >= 11 is 8.47. The molecule has 0 aromatic rings. The van der Waals surface area contributed by atoms with Crippen LogP contribution >= 0.6 is 35.1 Å². The highest BCUT2D eigenvalue weighted by Crippen LogP contribution is 2.44.